The van der Waals surface area contributed by atoms with Gasteiger partial charge in [0.15, 0.2) is 11.6 Å². The fourth-order valence-electron chi connectivity index (χ4n) is 1.88. The Bertz CT molecular complexity index is 631. The average Bonchev–Trinajstić information content (AvgIpc) is 2.41. The van der Waals surface area contributed by atoms with E-state index in [2.05, 4.69) is 0 Å². The van der Waals surface area contributed by atoms with Crippen molar-refractivity contribution in [3.8, 4) is 5.75 Å². The predicted octanol–water partition coefficient (Wildman–Crippen LogP) is 3.67. The minimum absolute atomic E-state index is 0.0359. The summed E-state index contributed by atoms with van der Waals surface area (Å²) in [5.41, 5.74) is -0.646. The van der Waals surface area contributed by atoms with E-state index in [1.165, 1.54) is 0 Å². The van der Waals surface area contributed by atoms with E-state index in [9.17, 15) is 9.18 Å². The molecule has 4 heteroatoms. The first kappa shape index (κ1) is 13.6. The lowest BCUT2D eigenvalue weighted by atomic mass is 10.1. The van der Waals surface area contributed by atoms with Gasteiger partial charge in [-0.3, -0.25) is 0 Å². The van der Waals surface area contributed by atoms with Crippen LogP contribution < -0.4 is 10.4 Å². The molecule has 102 valence electrons. The van der Waals surface area contributed by atoms with Crippen LogP contribution in [0.5, 0.6) is 5.75 Å². The second kappa shape index (κ2) is 5.87. The predicted molar refractivity (Wildman–Crippen MR) is 72.2 cm³/mol. The Labute approximate surface area is 111 Å². The molecule has 3 nitrogen and oxygen atoms in total. The molecule has 0 radical (unpaired) electrons. The molecule has 0 aliphatic rings. The Hall–Kier alpha value is -1.84. The lowest BCUT2D eigenvalue weighted by Crippen LogP contribution is -2.06. The molecule has 0 unspecified atom stereocenters. The summed E-state index contributed by atoms with van der Waals surface area (Å²) >= 11 is 0. The standard InChI is InChI=1S/C15H17FO3/c1-3-5-8-18-12-7-6-10-9-11(4-2)19-15(17)13(10)14(12)16/h6-7,9H,3-5,8H2,1-2H3. The first-order valence-electron chi connectivity index (χ1n) is 6.55. The van der Waals surface area contributed by atoms with Gasteiger partial charge in [0.05, 0.1) is 6.61 Å². The zero-order chi connectivity index (χ0) is 13.8. The lowest BCUT2D eigenvalue weighted by molar-refractivity contribution is 0.295. The molecular formula is C15H17FO3. The summed E-state index contributed by atoms with van der Waals surface area (Å²) in [4.78, 5) is 11.8. The summed E-state index contributed by atoms with van der Waals surface area (Å²) in [6.07, 6.45) is 2.42. The van der Waals surface area contributed by atoms with Gasteiger partial charge in [0.25, 0.3) is 0 Å². The van der Waals surface area contributed by atoms with E-state index < -0.39 is 11.4 Å². The molecule has 0 atom stereocenters. The Morgan fingerprint density at radius 1 is 1.32 bits per heavy atom. The van der Waals surface area contributed by atoms with Crippen molar-refractivity contribution in [1.29, 1.82) is 0 Å². The van der Waals surface area contributed by atoms with Crippen LogP contribution >= 0.6 is 0 Å². The molecular weight excluding hydrogens is 247 g/mol. The molecule has 19 heavy (non-hydrogen) atoms. The number of fused-ring (bicyclic) bond motifs is 1. The maximum Gasteiger partial charge on any atom is 0.346 e. The van der Waals surface area contributed by atoms with Crippen molar-refractivity contribution in [2.75, 3.05) is 6.61 Å². The maximum atomic E-state index is 14.2. The van der Waals surface area contributed by atoms with Gasteiger partial charge in [0.1, 0.15) is 11.1 Å². The van der Waals surface area contributed by atoms with Crippen molar-refractivity contribution >= 4 is 10.8 Å². The highest BCUT2D eigenvalue weighted by molar-refractivity contribution is 5.83. The van der Waals surface area contributed by atoms with E-state index in [0.29, 0.717) is 24.2 Å². The van der Waals surface area contributed by atoms with Crippen LogP contribution in [0.25, 0.3) is 10.8 Å². The van der Waals surface area contributed by atoms with Crippen LogP contribution in [0.1, 0.15) is 32.4 Å². The van der Waals surface area contributed by atoms with Gasteiger partial charge in [-0.2, -0.15) is 0 Å². The van der Waals surface area contributed by atoms with Crippen LogP contribution in [-0.2, 0) is 6.42 Å². The van der Waals surface area contributed by atoms with E-state index in [4.69, 9.17) is 9.15 Å². The summed E-state index contributed by atoms with van der Waals surface area (Å²) in [6, 6.07) is 4.94. The molecule has 0 N–H and O–H groups in total. The Balaban J connectivity index is 2.46. The van der Waals surface area contributed by atoms with E-state index >= 15 is 0 Å². The molecule has 0 saturated heterocycles. The van der Waals surface area contributed by atoms with Crippen molar-refractivity contribution in [1.82, 2.24) is 0 Å². The van der Waals surface area contributed by atoms with Crippen LogP contribution in [0.3, 0.4) is 0 Å². The number of aryl methyl sites for hydroxylation is 1. The Morgan fingerprint density at radius 2 is 2.11 bits per heavy atom. The average molecular weight is 264 g/mol. The van der Waals surface area contributed by atoms with Gasteiger partial charge in [-0.1, -0.05) is 26.3 Å². The molecule has 2 aromatic rings. The third-order valence-electron chi connectivity index (χ3n) is 2.99. The van der Waals surface area contributed by atoms with Crippen LogP contribution in [0.2, 0.25) is 0 Å². The molecule has 2 rings (SSSR count). The molecule has 1 aromatic carbocycles. The normalized spacial score (nSPS) is 10.9. The largest absolute Gasteiger partial charge is 0.490 e. The molecule has 0 aliphatic heterocycles. The van der Waals surface area contributed by atoms with E-state index in [1.54, 1.807) is 18.2 Å². The Kier molecular flexibility index (Phi) is 4.20. The molecule has 0 spiro atoms. The second-order valence-electron chi connectivity index (χ2n) is 4.40. The van der Waals surface area contributed by atoms with Crippen molar-refractivity contribution in [2.24, 2.45) is 0 Å². The van der Waals surface area contributed by atoms with Crippen molar-refractivity contribution in [2.45, 2.75) is 33.1 Å². The van der Waals surface area contributed by atoms with Gasteiger partial charge < -0.3 is 9.15 Å². The smallest absolute Gasteiger partial charge is 0.346 e. The first-order valence-corrected chi connectivity index (χ1v) is 6.55. The highest BCUT2D eigenvalue weighted by Crippen LogP contribution is 2.25. The number of benzene rings is 1. The highest BCUT2D eigenvalue weighted by atomic mass is 19.1. The fraction of sp³-hybridized carbons (Fsp3) is 0.400. The molecule has 0 amide bonds. The summed E-state index contributed by atoms with van der Waals surface area (Å²) in [5, 5.41) is 0.514. The van der Waals surface area contributed by atoms with Crippen molar-refractivity contribution < 1.29 is 13.5 Å². The highest BCUT2D eigenvalue weighted by Gasteiger charge is 2.13. The van der Waals surface area contributed by atoms with Gasteiger partial charge >= 0.3 is 5.63 Å². The molecule has 1 aromatic heterocycles. The first-order chi connectivity index (χ1) is 9.17. The zero-order valence-electron chi connectivity index (χ0n) is 11.2. The number of unbranched alkanes of at least 4 members (excludes halogenated alkanes) is 1. The third-order valence-corrected chi connectivity index (χ3v) is 2.99. The summed E-state index contributed by atoms with van der Waals surface area (Å²) in [5.74, 6) is 0.0269. The van der Waals surface area contributed by atoms with Crippen molar-refractivity contribution in [3.05, 3.63) is 40.2 Å². The molecule has 1 heterocycles. The molecule has 0 fully saturated rings. The van der Waals surface area contributed by atoms with Crippen LogP contribution in [0, 0.1) is 5.82 Å². The number of hydrogen-bond acceptors (Lipinski definition) is 3. The molecule has 0 bridgehead atoms. The summed E-state index contributed by atoms with van der Waals surface area (Å²) in [7, 11) is 0. The molecule has 0 aliphatic carbocycles. The summed E-state index contributed by atoms with van der Waals surface area (Å²) in [6.45, 7) is 4.35. The van der Waals surface area contributed by atoms with Crippen LogP contribution in [-0.4, -0.2) is 6.61 Å². The topological polar surface area (TPSA) is 39.4 Å². The van der Waals surface area contributed by atoms with Gasteiger partial charge in [-0.25, -0.2) is 9.18 Å². The van der Waals surface area contributed by atoms with E-state index in [0.717, 1.165) is 12.8 Å². The van der Waals surface area contributed by atoms with Crippen LogP contribution in [0.15, 0.2) is 27.4 Å². The number of hydrogen-bond donors (Lipinski definition) is 0. The van der Waals surface area contributed by atoms with Gasteiger partial charge in [0, 0.05) is 6.42 Å². The number of rotatable bonds is 5. The molecule has 0 saturated carbocycles. The van der Waals surface area contributed by atoms with Gasteiger partial charge in [-0.05, 0) is 23.9 Å². The zero-order valence-corrected chi connectivity index (χ0v) is 11.2. The van der Waals surface area contributed by atoms with Gasteiger partial charge in [0.2, 0.25) is 0 Å². The SMILES string of the molecule is CCCCOc1ccc2cc(CC)oc(=O)c2c1F. The van der Waals surface area contributed by atoms with E-state index in [-0.39, 0.29) is 11.1 Å². The minimum Gasteiger partial charge on any atom is -0.490 e. The Morgan fingerprint density at radius 3 is 2.79 bits per heavy atom. The number of halogens is 1. The third kappa shape index (κ3) is 2.78. The van der Waals surface area contributed by atoms with Crippen molar-refractivity contribution in [3.63, 3.8) is 0 Å². The monoisotopic (exact) mass is 264 g/mol. The summed E-state index contributed by atoms with van der Waals surface area (Å²) < 4.78 is 24.6. The minimum atomic E-state index is -0.646. The maximum absolute atomic E-state index is 14.2. The second-order valence-corrected chi connectivity index (χ2v) is 4.40. The van der Waals surface area contributed by atoms with Gasteiger partial charge in [-0.15, -0.1) is 0 Å². The lowest BCUT2D eigenvalue weighted by Gasteiger charge is -2.08. The van der Waals surface area contributed by atoms with E-state index in [1.807, 2.05) is 13.8 Å². The number of ether oxygens (including phenoxy) is 1. The fourth-order valence-corrected chi connectivity index (χ4v) is 1.88. The quantitative estimate of drug-likeness (QED) is 0.773. The van der Waals surface area contributed by atoms with Crippen LogP contribution in [0.4, 0.5) is 4.39 Å².